The zero-order valence-electron chi connectivity index (χ0n) is 10.9. The zero-order valence-corrected chi connectivity index (χ0v) is 10.9. The van der Waals surface area contributed by atoms with Crippen LogP contribution in [0.15, 0.2) is 24.6 Å². The van der Waals surface area contributed by atoms with Gasteiger partial charge in [0.05, 0.1) is 12.8 Å². The molecule has 0 spiro atoms. The average Bonchev–Trinajstić information content (AvgIpc) is 2.76. The summed E-state index contributed by atoms with van der Waals surface area (Å²) in [7, 11) is 0. The second-order valence-corrected chi connectivity index (χ2v) is 4.50. The van der Waals surface area contributed by atoms with E-state index in [1.165, 1.54) is 25.7 Å². The van der Waals surface area contributed by atoms with E-state index in [9.17, 15) is 0 Å². The van der Waals surface area contributed by atoms with Crippen molar-refractivity contribution >= 4 is 0 Å². The van der Waals surface area contributed by atoms with Crippen LogP contribution in [0.3, 0.4) is 0 Å². The van der Waals surface area contributed by atoms with Gasteiger partial charge in [-0.05, 0) is 25.7 Å². The van der Waals surface area contributed by atoms with E-state index in [0.29, 0.717) is 6.17 Å². The number of rotatable bonds is 9. The number of unbranched alkanes of at least 4 members (excludes halogenated alkanes) is 3. The largest absolute Gasteiger partial charge is 0.395 e. The molecule has 98 valence electrons. The second kappa shape index (κ2) is 9.11. The summed E-state index contributed by atoms with van der Waals surface area (Å²) in [4.78, 5) is 2.17. The van der Waals surface area contributed by atoms with E-state index in [4.69, 9.17) is 5.11 Å². The van der Waals surface area contributed by atoms with Gasteiger partial charge in [0.25, 0.3) is 0 Å². The van der Waals surface area contributed by atoms with Crippen molar-refractivity contribution in [3.63, 3.8) is 0 Å². The predicted octanol–water partition coefficient (Wildman–Crippen LogP) is 2.60. The molecule has 1 aliphatic rings. The molecule has 0 aromatic rings. The van der Waals surface area contributed by atoms with Gasteiger partial charge in [-0.25, -0.2) is 0 Å². The summed E-state index contributed by atoms with van der Waals surface area (Å²) in [6.45, 7) is 3.17. The lowest BCUT2D eigenvalue weighted by Crippen LogP contribution is -2.36. The van der Waals surface area contributed by atoms with Crippen molar-refractivity contribution in [2.24, 2.45) is 0 Å². The van der Waals surface area contributed by atoms with Crippen LogP contribution in [0, 0.1) is 0 Å². The molecule has 1 unspecified atom stereocenters. The Morgan fingerprint density at radius 2 is 2.06 bits per heavy atom. The third-order valence-corrected chi connectivity index (χ3v) is 3.05. The van der Waals surface area contributed by atoms with Crippen molar-refractivity contribution in [2.45, 2.75) is 51.6 Å². The fourth-order valence-electron chi connectivity index (χ4n) is 2.03. The van der Waals surface area contributed by atoms with Crippen LogP contribution in [0.4, 0.5) is 0 Å². The summed E-state index contributed by atoms with van der Waals surface area (Å²) >= 11 is 0. The SMILES string of the molecule is CCCC/C=C/CCCC1NC=CN1CCO. The average molecular weight is 238 g/mol. The number of hydrogen-bond acceptors (Lipinski definition) is 3. The summed E-state index contributed by atoms with van der Waals surface area (Å²) in [6, 6.07) is 0. The lowest BCUT2D eigenvalue weighted by atomic mass is 10.1. The number of allylic oxidation sites excluding steroid dienone is 2. The van der Waals surface area contributed by atoms with Crippen molar-refractivity contribution in [1.29, 1.82) is 0 Å². The van der Waals surface area contributed by atoms with Gasteiger partial charge in [-0.15, -0.1) is 0 Å². The van der Waals surface area contributed by atoms with Gasteiger partial charge in [-0.3, -0.25) is 0 Å². The Hall–Kier alpha value is -0.960. The Kier molecular flexibility index (Phi) is 7.56. The molecule has 0 aromatic heterocycles. The minimum Gasteiger partial charge on any atom is -0.395 e. The fraction of sp³-hybridized carbons (Fsp3) is 0.714. The Labute approximate surface area is 105 Å². The molecule has 3 heteroatoms. The summed E-state index contributed by atoms with van der Waals surface area (Å²) in [6.07, 6.45) is 16.3. The Bertz CT molecular complexity index is 238. The zero-order chi connectivity index (χ0) is 12.3. The molecule has 1 heterocycles. The molecule has 3 nitrogen and oxygen atoms in total. The van der Waals surface area contributed by atoms with E-state index < -0.39 is 0 Å². The highest BCUT2D eigenvalue weighted by Crippen LogP contribution is 2.11. The Morgan fingerprint density at radius 1 is 1.29 bits per heavy atom. The van der Waals surface area contributed by atoms with Gasteiger partial charge in [0.2, 0.25) is 0 Å². The maximum Gasteiger partial charge on any atom is 0.0982 e. The molecule has 0 bridgehead atoms. The van der Waals surface area contributed by atoms with Crippen molar-refractivity contribution < 1.29 is 5.11 Å². The van der Waals surface area contributed by atoms with Crippen LogP contribution in [-0.4, -0.2) is 29.3 Å². The van der Waals surface area contributed by atoms with E-state index in [0.717, 1.165) is 19.4 Å². The highest BCUT2D eigenvalue weighted by molar-refractivity contribution is 4.94. The van der Waals surface area contributed by atoms with Crippen LogP contribution < -0.4 is 5.32 Å². The maximum atomic E-state index is 8.92. The highest BCUT2D eigenvalue weighted by atomic mass is 16.3. The molecule has 0 aromatic carbocycles. The van der Waals surface area contributed by atoms with Gasteiger partial charge in [0, 0.05) is 18.9 Å². The van der Waals surface area contributed by atoms with Crippen molar-refractivity contribution in [1.82, 2.24) is 10.2 Å². The third kappa shape index (κ3) is 5.78. The number of hydrogen-bond donors (Lipinski definition) is 2. The molecule has 1 aliphatic heterocycles. The van der Waals surface area contributed by atoms with Crippen LogP contribution in [0.1, 0.15) is 45.4 Å². The molecule has 0 saturated heterocycles. The van der Waals surface area contributed by atoms with Crippen molar-refractivity contribution in [2.75, 3.05) is 13.2 Å². The third-order valence-electron chi connectivity index (χ3n) is 3.05. The molecule has 1 rings (SSSR count). The van der Waals surface area contributed by atoms with Crippen LogP contribution >= 0.6 is 0 Å². The monoisotopic (exact) mass is 238 g/mol. The number of nitrogens with one attached hydrogen (secondary N) is 1. The second-order valence-electron chi connectivity index (χ2n) is 4.50. The Balaban J connectivity index is 2.04. The highest BCUT2D eigenvalue weighted by Gasteiger charge is 2.16. The van der Waals surface area contributed by atoms with E-state index in [2.05, 4.69) is 29.3 Å². The summed E-state index contributed by atoms with van der Waals surface area (Å²) in [5.41, 5.74) is 0. The van der Waals surface area contributed by atoms with Crippen molar-refractivity contribution in [3.8, 4) is 0 Å². The van der Waals surface area contributed by atoms with E-state index >= 15 is 0 Å². The van der Waals surface area contributed by atoms with Gasteiger partial charge in [-0.2, -0.15) is 0 Å². The molecular formula is C14H26N2O. The minimum absolute atomic E-state index is 0.222. The van der Waals surface area contributed by atoms with Gasteiger partial charge in [0.15, 0.2) is 0 Å². The number of aliphatic hydroxyl groups is 1. The molecule has 0 radical (unpaired) electrons. The first-order valence-corrected chi connectivity index (χ1v) is 6.82. The quantitative estimate of drug-likeness (QED) is 0.479. The Morgan fingerprint density at radius 3 is 2.76 bits per heavy atom. The number of aliphatic hydroxyl groups excluding tert-OH is 1. The van der Waals surface area contributed by atoms with Gasteiger partial charge in [0.1, 0.15) is 0 Å². The topological polar surface area (TPSA) is 35.5 Å². The summed E-state index contributed by atoms with van der Waals surface area (Å²) in [5.74, 6) is 0. The molecular weight excluding hydrogens is 212 g/mol. The lowest BCUT2D eigenvalue weighted by molar-refractivity contribution is 0.194. The first-order valence-electron chi connectivity index (χ1n) is 6.82. The molecule has 0 fully saturated rings. The first-order chi connectivity index (χ1) is 8.38. The van der Waals surface area contributed by atoms with Crippen LogP contribution in [0.5, 0.6) is 0 Å². The van der Waals surface area contributed by atoms with Gasteiger partial charge in [-0.1, -0.05) is 31.9 Å². The fourth-order valence-corrected chi connectivity index (χ4v) is 2.03. The molecule has 1 atom stereocenters. The summed E-state index contributed by atoms with van der Waals surface area (Å²) in [5, 5.41) is 12.2. The van der Waals surface area contributed by atoms with E-state index in [-0.39, 0.29) is 6.61 Å². The van der Waals surface area contributed by atoms with Crippen LogP contribution in [-0.2, 0) is 0 Å². The normalized spacial score (nSPS) is 19.2. The smallest absolute Gasteiger partial charge is 0.0982 e. The van der Waals surface area contributed by atoms with Gasteiger partial charge >= 0.3 is 0 Å². The van der Waals surface area contributed by atoms with E-state index in [1.54, 1.807) is 0 Å². The molecule has 0 aliphatic carbocycles. The molecule has 2 N–H and O–H groups in total. The minimum atomic E-state index is 0.222. The predicted molar refractivity (Wildman–Crippen MR) is 72.4 cm³/mol. The maximum absolute atomic E-state index is 8.92. The summed E-state index contributed by atoms with van der Waals surface area (Å²) < 4.78 is 0. The standard InChI is InChI=1S/C14H26N2O/c1-2-3-4-5-6-7-8-9-14-15-10-11-16(14)12-13-17/h5-6,10-11,14-15,17H,2-4,7-9,12-13H2,1H3/b6-5+. The number of β-amino-alcohol motifs (C(OH)–C–C–N with tert-alkyl or cyclic N) is 1. The van der Waals surface area contributed by atoms with Crippen LogP contribution in [0.2, 0.25) is 0 Å². The number of nitrogens with zero attached hydrogens (tertiary/aromatic N) is 1. The molecule has 0 saturated carbocycles. The molecule has 0 amide bonds. The van der Waals surface area contributed by atoms with E-state index in [1.807, 2.05) is 12.4 Å². The first kappa shape index (κ1) is 14.1. The van der Waals surface area contributed by atoms with Crippen molar-refractivity contribution in [3.05, 3.63) is 24.6 Å². The van der Waals surface area contributed by atoms with Gasteiger partial charge < -0.3 is 15.3 Å². The molecule has 17 heavy (non-hydrogen) atoms. The lowest BCUT2D eigenvalue weighted by Gasteiger charge is -2.24. The van der Waals surface area contributed by atoms with Crippen LogP contribution in [0.25, 0.3) is 0 Å².